The molecule has 1 N–H and O–H groups in total. The van der Waals surface area contributed by atoms with Crippen molar-refractivity contribution in [1.29, 1.82) is 0 Å². The number of hydrogen-bond acceptors (Lipinski definition) is 2. The van der Waals surface area contributed by atoms with Gasteiger partial charge < -0.3 is 9.72 Å². The van der Waals surface area contributed by atoms with E-state index >= 15 is 0 Å². The third-order valence-corrected chi connectivity index (χ3v) is 3.05. The molecule has 4 heteroatoms. The third-order valence-electron chi connectivity index (χ3n) is 2.43. The highest BCUT2D eigenvalue weighted by atomic mass is 79.9. The summed E-state index contributed by atoms with van der Waals surface area (Å²) in [6, 6.07) is 3.76. The summed E-state index contributed by atoms with van der Waals surface area (Å²) >= 11 is 3.40. The van der Waals surface area contributed by atoms with Gasteiger partial charge in [0.25, 0.3) is 0 Å². The number of H-pyrrole nitrogens is 1. The second kappa shape index (κ2) is 3.70. The highest BCUT2D eigenvalue weighted by molar-refractivity contribution is 9.10. The van der Waals surface area contributed by atoms with E-state index in [4.69, 9.17) is 4.74 Å². The van der Waals surface area contributed by atoms with Gasteiger partial charge in [-0.1, -0.05) is 0 Å². The molecule has 0 saturated heterocycles. The van der Waals surface area contributed by atoms with Crippen molar-refractivity contribution in [3.63, 3.8) is 0 Å². The van der Waals surface area contributed by atoms with Crippen molar-refractivity contribution in [3.8, 4) is 5.75 Å². The lowest BCUT2D eigenvalue weighted by Crippen LogP contribution is -1.84. The summed E-state index contributed by atoms with van der Waals surface area (Å²) in [4.78, 5) is 14.0. The average Bonchev–Trinajstić information content (AvgIpc) is 2.51. The number of hydrogen-bond donors (Lipinski definition) is 1. The molecule has 0 aliphatic rings. The maximum atomic E-state index is 10.9. The Morgan fingerprint density at radius 1 is 1.47 bits per heavy atom. The first-order valence-corrected chi connectivity index (χ1v) is 5.27. The summed E-state index contributed by atoms with van der Waals surface area (Å²) in [5, 5.41) is 0.912. The van der Waals surface area contributed by atoms with E-state index in [1.54, 1.807) is 7.11 Å². The molecular weight excluding hydrogens is 258 g/mol. The molecule has 3 nitrogen and oxygen atoms in total. The van der Waals surface area contributed by atoms with Gasteiger partial charge in [0.1, 0.15) is 5.75 Å². The van der Waals surface area contributed by atoms with Crippen LogP contribution in [-0.4, -0.2) is 18.4 Å². The van der Waals surface area contributed by atoms with Gasteiger partial charge in [0, 0.05) is 22.7 Å². The third kappa shape index (κ3) is 1.55. The van der Waals surface area contributed by atoms with Gasteiger partial charge in [0.2, 0.25) is 0 Å². The quantitative estimate of drug-likeness (QED) is 0.850. The van der Waals surface area contributed by atoms with Crippen molar-refractivity contribution in [1.82, 2.24) is 4.98 Å². The van der Waals surface area contributed by atoms with Crippen LogP contribution in [0.25, 0.3) is 10.9 Å². The van der Waals surface area contributed by atoms with E-state index < -0.39 is 0 Å². The summed E-state index contributed by atoms with van der Waals surface area (Å²) < 4.78 is 6.03. The zero-order valence-electron chi connectivity index (χ0n) is 8.43. The van der Waals surface area contributed by atoms with Crippen LogP contribution in [0.2, 0.25) is 0 Å². The Hall–Kier alpha value is -1.29. The fourth-order valence-electron chi connectivity index (χ4n) is 1.66. The van der Waals surface area contributed by atoms with Gasteiger partial charge in [-0.3, -0.25) is 4.79 Å². The molecule has 2 aromatic rings. The molecule has 0 aliphatic heterocycles. The highest BCUT2D eigenvalue weighted by Crippen LogP contribution is 2.32. The van der Waals surface area contributed by atoms with Crippen LogP contribution in [-0.2, 0) is 0 Å². The number of benzene rings is 1. The SMILES string of the molecule is COc1cc2[nH]c(C)c(C=O)c2cc1Br. The van der Waals surface area contributed by atoms with Crippen LogP contribution in [0, 0.1) is 6.92 Å². The van der Waals surface area contributed by atoms with E-state index in [9.17, 15) is 4.79 Å². The van der Waals surface area contributed by atoms with Crippen molar-refractivity contribution in [2.75, 3.05) is 7.11 Å². The van der Waals surface area contributed by atoms with E-state index in [0.717, 1.165) is 33.1 Å². The fraction of sp³-hybridized carbons (Fsp3) is 0.182. The lowest BCUT2D eigenvalue weighted by atomic mass is 10.1. The monoisotopic (exact) mass is 267 g/mol. The molecule has 0 aliphatic carbocycles. The largest absolute Gasteiger partial charge is 0.495 e. The van der Waals surface area contributed by atoms with Crippen molar-refractivity contribution < 1.29 is 9.53 Å². The molecule has 1 aromatic carbocycles. The number of ether oxygens (including phenoxy) is 1. The standard InChI is InChI=1S/C11H10BrNO2/c1-6-8(5-14)7-3-9(12)11(15-2)4-10(7)13-6/h3-5,13H,1-2H3. The van der Waals surface area contributed by atoms with Gasteiger partial charge in [-0.25, -0.2) is 0 Å². The summed E-state index contributed by atoms with van der Waals surface area (Å²) in [7, 11) is 1.61. The summed E-state index contributed by atoms with van der Waals surface area (Å²) in [5.74, 6) is 0.751. The van der Waals surface area contributed by atoms with E-state index in [-0.39, 0.29) is 0 Å². The minimum atomic E-state index is 0.702. The molecule has 1 heterocycles. The summed E-state index contributed by atoms with van der Waals surface area (Å²) in [6.07, 6.45) is 0.868. The number of carbonyl (C=O) groups excluding carboxylic acids is 1. The number of aromatic amines is 1. The average molecular weight is 268 g/mol. The molecule has 0 amide bonds. The predicted molar refractivity (Wildman–Crippen MR) is 62.7 cm³/mol. The second-order valence-electron chi connectivity index (χ2n) is 3.31. The maximum absolute atomic E-state index is 10.9. The molecule has 0 bridgehead atoms. The molecule has 0 unspecified atom stereocenters. The molecule has 0 saturated carbocycles. The van der Waals surface area contributed by atoms with Gasteiger partial charge >= 0.3 is 0 Å². The predicted octanol–water partition coefficient (Wildman–Crippen LogP) is 3.06. The normalized spacial score (nSPS) is 10.6. The Kier molecular flexibility index (Phi) is 2.52. The molecule has 1 aromatic heterocycles. The van der Waals surface area contributed by atoms with Crippen LogP contribution in [0.5, 0.6) is 5.75 Å². The van der Waals surface area contributed by atoms with Gasteiger partial charge in [-0.05, 0) is 28.9 Å². The molecule has 0 atom stereocenters. The number of halogens is 1. The Bertz CT molecular complexity index is 531. The van der Waals surface area contributed by atoms with Gasteiger partial charge in [-0.15, -0.1) is 0 Å². The first-order chi connectivity index (χ1) is 7.17. The zero-order chi connectivity index (χ0) is 11.0. The number of fused-ring (bicyclic) bond motifs is 1. The topological polar surface area (TPSA) is 42.1 Å². The number of carbonyl (C=O) groups is 1. The molecule has 15 heavy (non-hydrogen) atoms. The van der Waals surface area contributed by atoms with Crippen molar-refractivity contribution in [2.24, 2.45) is 0 Å². The van der Waals surface area contributed by atoms with Crippen LogP contribution < -0.4 is 4.74 Å². The maximum Gasteiger partial charge on any atom is 0.152 e. The van der Waals surface area contributed by atoms with Crippen molar-refractivity contribution in [3.05, 3.63) is 27.9 Å². The van der Waals surface area contributed by atoms with Crippen molar-refractivity contribution >= 4 is 33.1 Å². The number of aromatic nitrogens is 1. The van der Waals surface area contributed by atoms with Gasteiger partial charge in [0.15, 0.2) is 6.29 Å². The minimum Gasteiger partial charge on any atom is -0.495 e. The number of aryl methyl sites for hydroxylation is 1. The van der Waals surface area contributed by atoms with Gasteiger partial charge in [-0.2, -0.15) is 0 Å². The smallest absolute Gasteiger partial charge is 0.152 e. The Morgan fingerprint density at radius 3 is 2.80 bits per heavy atom. The molecule has 0 fully saturated rings. The van der Waals surface area contributed by atoms with E-state index in [2.05, 4.69) is 20.9 Å². The van der Waals surface area contributed by atoms with Crippen LogP contribution in [0.15, 0.2) is 16.6 Å². The van der Waals surface area contributed by atoms with Crippen LogP contribution in [0.1, 0.15) is 16.1 Å². The molecule has 0 radical (unpaired) electrons. The van der Waals surface area contributed by atoms with Crippen LogP contribution >= 0.6 is 15.9 Å². The number of nitrogens with one attached hydrogen (secondary N) is 1. The molecule has 0 spiro atoms. The zero-order valence-corrected chi connectivity index (χ0v) is 10.0. The van der Waals surface area contributed by atoms with Crippen LogP contribution in [0.4, 0.5) is 0 Å². The Balaban J connectivity index is 2.81. The minimum absolute atomic E-state index is 0.702. The van der Waals surface area contributed by atoms with E-state index in [1.807, 2.05) is 19.1 Å². The Labute approximate surface area is 95.6 Å². The van der Waals surface area contributed by atoms with E-state index in [1.165, 1.54) is 0 Å². The second-order valence-corrected chi connectivity index (χ2v) is 4.17. The molecule has 78 valence electrons. The molecular formula is C11H10BrNO2. The first kappa shape index (κ1) is 10.2. The van der Waals surface area contributed by atoms with Gasteiger partial charge in [0.05, 0.1) is 17.1 Å². The lowest BCUT2D eigenvalue weighted by Gasteiger charge is -2.02. The summed E-state index contributed by atoms with van der Waals surface area (Å²) in [5.41, 5.74) is 2.49. The molecule has 2 rings (SSSR count). The number of rotatable bonds is 2. The lowest BCUT2D eigenvalue weighted by molar-refractivity contribution is 0.112. The van der Waals surface area contributed by atoms with E-state index in [0.29, 0.717) is 5.56 Å². The number of aldehydes is 1. The van der Waals surface area contributed by atoms with Crippen molar-refractivity contribution in [2.45, 2.75) is 6.92 Å². The first-order valence-electron chi connectivity index (χ1n) is 4.48. The highest BCUT2D eigenvalue weighted by Gasteiger charge is 2.10. The Morgan fingerprint density at radius 2 is 2.20 bits per heavy atom. The fourth-order valence-corrected chi connectivity index (χ4v) is 2.16. The van der Waals surface area contributed by atoms with Crippen LogP contribution in [0.3, 0.4) is 0 Å². The number of methoxy groups -OCH3 is 1. The summed E-state index contributed by atoms with van der Waals surface area (Å²) in [6.45, 7) is 1.88.